The van der Waals surface area contributed by atoms with Crippen molar-refractivity contribution in [3.05, 3.63) is 88.2 Å². The van der Waals surface area contributed by atoms with Gasteiger partial charge in [0, 0.05) is 36.0 Å². The number of hydrogen-bond acceptors (Lipinski definition) is 7. The summed E-state index contributed by atoms with van der Waals surface area (Å²) in [6.07, 6.45) is 2.90. The zero-order valence-electron chi connectivity index (χ0n) is 20.1. The number of hydrogen-bond donors (Lipinski definition) is 2. The van der Waals surface area contributed by atoms with Gasteiger partial charge in [0.05, 0.1) is 10.4 Å². The number of carbonyl (C=O) groups excluding carboxylic acids is 1. The fourth-order valence-corrected chi connectivity index (χ4v) is 3.50. The summed E-state index contributed by atoms with van der Waals surface area (Å²) >= 11 is 0. The van der Waals surface area contributed by atoms with Crippen molar-refractivity contribution in [3.63, 3.8) is 0 Å². The van der Waals surface area contributed by atoms with Crippen LogP contribution in [0.3, 0.4) is 0 Å². The number of nitro benzene ring substituents is 1. The standard InChI is InChI=1S/C26H24FN5O5/c1-30(2)13-14-37-24-15-21-22(16-23(24)32(35)36)31(34)26(29-21)18-6-10-20(11-7-18)28-25(33)12-5-17-3-8-19(27)9-4-17/h3-12,15-16,34H,13-14H2,1-2H3,(H,28,33). The van der Waals surface area contributed by atoms with Crippen LogP contribution in [0.2, 0.25) is 0 Å². The molecule has 0 saturated heterocycles. The first-order chi connectivity index (χ1) is 17.7. The molecule has 0 radical (unpaired) electrons. The molecule has 190 valence electrons. The number of nitrogens with zero attached hydrogens (tertiary/aromatic N) is 4. The van der Waals surface area contributed by atoms with Crippen LogP contribution in [0.15, 0.2) is 66.7 Å². The summed E-state index contributed by atoms with van der Waals surface area (Å²) < 4.78 is 19.4. The van der Waals surface area contributed by atoms with E-state index in [4.69, 9.17) is 4.74 Å². The molecule has 2 N–H and O–H groups in total. The first-order valence-electron chi connectivity index (χ1n) is 11.2. The molecule has 0 fully saturated rings. The predicted octanol–water partition coefficient (Wildman–Crippen LogP) is 4.58. The number of nitrogens with one attached hydrogen (secondary N) is 1. The molecule has 0 unspecified atom stereocenters. The molecule has 4 rings (SSSR count). The summed E-state index contributed by atoms with van der Waals surface area (Å²) in [6.45, 7) is 0.818. The van der Waals surface area contributed by atoms with Gasteiger partial charge in [-0.3, -0.25) is 14.9 Å². The van der Waals surface area contributed by atoms with E-state index in [2.05, 4.69) is 10.3 Å². The Morgan fingerprint density at radius 1 is 1.19 bits per heavy atom. The Morgan fingerprint density at radius 2 is 1.89 bits per heavy atom. The minimum absolute atomic E-state index is 0.0655. The van der Waals surface area contributed by atoms with Gasteiger partial charge >= 0.3 is 5.69 Å². The number of rotatable bonds is 9. The number of benzene rings is 3. The highest BCUT2D eigenvalue weighted by atomic mass is 19.1. The molecule has 0 atom stereocenters. The van der Waals surface area contributed by atoms with Crippen molar-refractivity contribution in [2.75, 3.05) is 32.6 Å². The molecule has 4 aromatic rings. The summed E-state index contributed by atoms with van der Waals surface area (Å²) in [6, 6.07) is 15.0. The van der Waals surface area contributed by atoms with Crippen LogP contribution in [-0.4, -0.2) is 57.9 Å². The summed E-state index contributed by atoms with van der Waals surface area (Å²) in [5.41, 5.74) is 1.91. The van der Waals surface area contributed by atoms with E-state index < -0.39 is 4.92 Å². The van der Waals surface area contributed by atoms with E-state index in [-0.39, 0.29) is 41.1 Å². The van der Waals surface area contributed by atoms with Crippen LogP contribution >= 0.6 is 0 Å². The van der Waals surface area contributed by atoms with E-state index in [0.29, 0.717) is 28.9 Å². The lowest BCUT2D eigenvalue weighted by Gasteiger charge is -2.11. The molecule has 0 aliphatic rings. The van der Waals surface area contributed by atoms with Crippen molar-refractivity contribution in [2.24, 2.45) is 0 Å². The second-order valence-corrected chi connectivity index (χ2v) is 8.42. The van der Waals surface area contributed by atoms with Crippen molar-refractivity contribution in [2.45, 2.75) is 0 Å². The summed E-state index contributed by atoms with van der Waals surface area (Å²) in [7, 11) is 3.73. The van der Waals surface area contributed by atoms with Gasteiger partial charge in [0.2, 0.25) is 5.91 Å². The second-order valence-electron chi connectivity index (χ2n) is 8.42. The number of aromatic nitrogens is 2. The van der Waals surface area contributed by atoms with Crippen molar-refractivity contribution >= 4 is 34.4 Å². The minimum atomic E-state index is -0.570. The van der Waals surface area contributed by atoms with Crippen LogP contribution in [0.5, 0.6) is 5.75 Å². The van der Waals surface area contributed by atoms with E-state index in [1.165, 1.54) is 30.3 Å². The number of fused-ring (bicyclic) bond motifs is 1. The molecule has 0 aliphatic carbocycles. The fraction of sp³-hybridized carbons (Fsp3) is 0.154. The number of ether oxygens (including phenoxy) is 1. The number of imidazole rings is 1. The van der Waals surface area contributed by atoms with E-state index in [9.17, 15) is 24.5 Å². The molecule has 1 aromatic heterocycles. The minimum Gasteiger partial charge on any atom is -0.485 e. The van der Waals surface area contributed by atoms with Crippen molar-refractivity contribution in [1.29, 1.82) is 0 Å². The molecular weight excluding hydrogens is 481 g/mol. The Hall–Kier alpha value is -4.77. The average molecular weight is 506 g/mol. The molecule has 11 heteroatoms. The van der Waals surface area contributed by atoms with Crippen molar-refractivity contribution in [1.82, 2.24) is 14.6 Å². The van der Waals surface area contributed by atoms with Crippen LogP contribution in [0.4, 0.5) is 15.8 Å². The Balaban J connectivity index is 1.52. The highest BCUT2D eigenvalue weighted by Crippen LogP contribution is 2.34. The van der Waals surface area contributed by atoms with Gasteiger partial charge in [-0.2, -0.15) is 4.73 Å². The molecule has 37 heavy (non-hydrogen) atoms. The van der Waals surface area contributed by atoms with E-state index in [1.807, 2.05) is 19.0 Å². The first kappa shape index (κ1) is 25.3. The summed E-state index contributed by atoms with van der Waals surface area (Å²) in [5, 5.41) is 25.0. The zero-order chi connectivity index (χ0) is 26.5. The number of anilines is 1. The molecule has 10 nitrogen and oxygen atoms in total. The molecule has 1 heterocycles. The van der Waals surface area contributed by atoms with Crippen LogP contribution < -0.4 is 10.1 Å². The third-order valence-electron chi connectivity index (χ3n) is 5.41. The SMILES string of the molecule is CN(C)CCOc1cc2nc(-c3ccc(NC(=O)C=Cc4ccc(F)cc4)cc3)n(O)c2cc1[N+](=O)[O-]. The third kappa shape index (κ3) is 6.08. The van der Waals surface area contributed by atoms with Crippen LogP contribution in [0, 0.1) is 15.9 Å². The number of amides is 1. The van der Waals surface area contributed by atoms with Gasteiger partial charge in [-0.1, -0.05) is 12.1 Å². The molecule has 0 bridgehead atoms. The summed E-state index contributed by atoms with van der Waals surface area (Å²) in [4.78, 5) is 29.5. The topological polar surface area (TPSA) is 123 Å². The first-order valence-corrected chi connectivity index (χ1v) is 11.2. The van der Waals surface area contributed by atoms with E-state index in [1.54, 1.807) is 42.5 Å². The summed E-state index contributed by atoms with van der Waals surface area (Å²) in [5.74, 6) is -0.495. The van der Waals surface area contributed by atoms with Crippen molar-refractivity contribution < 1.29 is 24.1 Å². The van der Waals surface area contributed by atoms with Crippen LogP contribution in [0.1, 0.15) is 5.56 Å². The Labute approximate surface area is 211 Å². The lowest BCUT2D eigenvalue weighted by atomic mass is 10.2. The Bertz CT molecular complexity index is 1460. The molecule has 3 aromatic carbocycles. The lowest BCUT2D eigenvalue weighted by Crippen LogP contribution is -2.19. The van der Waals surface area contributed by atoms with E-state index in [0.717, 1.165) is 4.73 Å². The molecule has 0 spiro atoms. The number of likely N-dealkylation sites (N-methyl/N-ethyl adjacent to an activating group) is 1. The van der Waals surface area contributed by atoms with Crippen molar-refractivity contribution in [3.8, 4) is 17.1 Å². The van der Waals surface area contributed by atoms with E-state index >= 15 is 0 Å². The average Bonchev–Trinajstić information content (AvgIpc) is 3.18. The Morgan fingerprint density at radius 3 is 2.54 bits per heavy atom. The molecule has 1 amide bonds. The van der Waals surface area contributed by atoms with Gasteiger partial charge in [0.25, 0.3) is 0 Å². The molecule has 0 aliphatic heterocycles. The largest absolute Gasteiger partial charge is 0.485 e. The number of nitro groups is 1. The Kier molecular flexibility index (Phi) is 7.44. The fourth-order valence-electron chi connectivity index (χ4n) is 3.50. The number of halogens is 1. The highest BCUT2D eigenvalue weighted by Gasteiger charge is 2.22. The maximum absolute atomic E-state index is 13.0. The van der Waals surface area contributed by atoms with Gasteiger partial charge in [-0.25, -0.2) is 9.37 Å². The van der Waals surface area contributed by atoms with Gasteiger partial charge in [0.15, 0.2) is 11.6 Å². The second kappa shape index (κ2) is 10.9. The van der Waals surface area contributed by atoms with Gasteiger partial charge in [0.1, 0.15) is 17.9 Å². The quantitative estimate of drug-likeness (QED) is 0.148. The zero-order valence-corrected chi connectivity index (χ0v) is 20.1. The van der Waals surface area contributed by atoms with Gasteiger partial charge in [-0.05, 0) is 62.1 Å². The maximum atomic E-state index is 13.0. The normalized spacial score (nSPS) is 11.4. The third-order valence-corrected chi connectivity index (χ3v) is 5.41. The smallest absolute Gasteiger partial charge is 0.313 e. The maximum Gasteiger partial charge on any atom is 0.313 e. The van der Waals surface area contributed by atoms with Crippen LogP contribution in [-0.2, 0) is 4.79 Å². The molecular formula is C26H24FN5O5. The monoisotopic (exact) mass is 505 g/mol. The highest BCUT2D eigenvalue weighted by molar-refractivity contribution is 6.02. The number of carbonyl (C=O) groups is 1. The predicted molar refractivity (Wildman–Crippen MR) is 137 cm³/mol. The van der Waals surface area contributed by atoms with Gasteiger partial charge < -0.3 is 20.2 Å². The van der Waals surface area contributed by atoms with Gasteiger partial charge in [-0.15, -0.1) is 0 Å². The lowest BCUT2D eigenvalue weighted by molar-refractivity contribution is -0.385. The van der Waals surface area contributed by atoms with Crippen LogP contribution in [0.25, 0.3) is 28.5 Å². The molecule has 0 saturated carbocycles.